The van der Waals surface area contributed by atoms with Crippen molar-refractivity contribution in [1.82, 2.24) is 0 Å². The second-order valence-corrected chi connectivity index (χ2v) is 4.91. The maximum Gasteiger partial charge on any atom is 0.169 e. The Morgan fingerprint density at radius 3 is 2.60 bits per heavy atom. The minimum Gasteiger partial charge on any atom is -0.493 e. The van der Waals surface area contributed by atoms with E-state index in [1.165, 1.54) is 7.11 Å². The molecular weight excluding hydrogens is 322 g/mol. The Morgan fingerprint density at radius 1 is 1.15 bits per heavy atom. The van der Waals surface area contributed by atoms with Gasteiger partial charge in [-0.05, 0) is 35.9 Å². The fourth-order valence-corrected chi connectivity index (χ4v) is 2.03. The normalized spacial score (nSPS) is 9.90. The van der Waals surface area contributed by atoms with Gasteiger partial charge >= 0.3 is 0 Å². The molecule has 2 rings (SSSR count). The standard InChI is InChI=1S/C15H12BrNO3/c1-19-15-6-10(9-18)2-5-13(15)20-14-7-12(16)4-3-11(14)8-17/h2-7,18H,9H2,1H3. The van der Waals surface area contributed by atoms with Gasteiger partial charge in [-0.2, -0.15) is 5.26 Å². The van der Waals surface area contributed by atoms with Gasteiger partial charge in [0, 0.05) is 4.47 Å². The molecule has 0 aliphatic rings. The molecule has 1 N–H and O–H groups in total. The average molecular weight is 334 g/mol. The highest BCUT2D eigenvalue weighted by Crippen LogP contribution is 2.34. The molecule has 4 nitrogen and oxygen atoms in total. The monoisotopic (exact) mass is 333 g/mol. The molecule has 0 radical (unpaired) electrons. The van der Waals surface area contributed by atoms with Crippen LogP contribution in [0, 0.1) is 11.3 Å². The number of benzene rings is 2. The van der Waals surface area contributed by atoms with Crippen LogP contribution in [-0.2, 0) is 6.61 Å². The van der Waals surface area contributed by atoms with Crippen molar-refractivity contribution in [2.75, 3.05) is 7.11 Å². The van der Waals surface area contributed by atoms with Crippen LogP contribution in [0.15, 0.2) is 40.9 Å². The van der Waals surface area contributed by atoms with Crippen molar-refractivity contribution in [2.45, 2.75) is 6.61 Å². The van der Waals surface area contributed by atoms with Crippen molar-refractivity contribution in [1.29, 1.82) is 5.26 Å². The first-order valence-electron chi connectivity index (χ1n) is 5.83. The smallest absolute Gasteiger partial charge is 0.169 e. The Balaban J connectivity index is 2.40. The van der Waals surface area contributed by atoms with Crippen LogP contribution in [0.4, 0.5) is 0 Å². The number of methoxy groups -OCH3 is 1. The van der Waals surface area contributed by atoms with Gasteiger partial charge in [-0.3, -0.25) is 0 Å². The average Bonchev–Trinajstić information content (AvgIpc) is 2.48. The van der Waals surface area contributed by atoms with E-state index in [0.717, 1.165) is 10.0 Å². The highest BCUT2D eigenvalue weighted by atomic mass is 79.9. The molecule has 0 aliphatic carbocycles. The molecule has 0 spiro atoms. The molecule has 20 heavy (non-hydrogen) atoms. The topological polar surface area (TPSA) is 62.5 Å². The first kappa shape index (κ1) is 14.4. The summed E-state index contributed by atoms with van der Waals surface area (Å²) in [5.74, 6) is 1.43. The van der Waals surface area contributed by atoms with Gasteiger partial charge < -0.3 is 14.6 Å². The van der Waals surface area contributed by atoms with Gasteiger partial charge in [0.2, 0.25) is 0 Å². The van der Waals surface area contributed by atoms with Gasteiger partial charge in [-0.25, -0.2) is 0 Å². The molecule has 0 aromatic heterocycles. The second-order valence-electron chi connectivity index (χ2n) is 4.00. The van der Waals surface area contributed by atoms with E-state index in [1.54, 1.807) is 36.4 Å². The van der Waals surface area contributed by atoms with E-state index in [1.807, 2.05) is 0 Å². The predicted molar refractivity (Wildman–Crippen MR) is 77.8 cm³/mol. The third-order valence-corrected chi connectivity index (χ3v) is 3.19. The summed E-state index contributed by atoms with van der Waals surface area (Å²) in [6, 6.07) is 12.4. The maximum atomic E-state index is 9.11. The van der Waals surface area contributed by atoms with Gasteiger partial charge in [0.1, 0.15) is 11.8 Å². The SMILES string of the molecule is COc1cc(CO)ccc1Oc1cc(Br)ccc1C#N. The number of nitrogens with zero attached hydrogens (tertiary/aromatic N) is 1. The molecule has 2 aromatic carbocycles. The summed E-state index contributed by atoms with van der Waals surface area (Å²) in [7, 11) is 1.52. The Bertz CT molecular complexity index is 665. The van der Waals surface area contributed by atoms with E-state index in [-0.39, 0.29) is 6.61 Å². The Morgan fingerprint density at radius 2 is 1.95 bits per heavy atom. The van der Waals surface area contributed by atoms with Crippen LogP contribution in [0.1, 0.15) is 11.1 Å². The summed E-state index contributed by atoms with van der Waals surface area (Å²) in [4.78, 5) is 0. The minimum atomic E-state index is -0.0724. The molecule has 2 aromatic rings. The molecular formula is C15H12BrNO3. The van der Waals surface area contributed by atoms with E-state index >= 15 is 0 Å². The number of hydrogen-bond donors (Lipinski definition) is 1. The highest BCUT2D eigenvalue weighted by Gasteiger charge is 2.10. The van der Waals surface area contributed by atoms with Gasteiger partial charge in [0.25, 0.3) is 0 Å². The molecule has 0 heterocycles. The molecule has 0 fully saturated rings. The molecule has 0 saturated carbocycles. The maximum absolute atomic E-state index is 9.11. The fraction of sp³-hybridized carbons (Fsp3) is 0.133. The van der Waals surface area contributed by atoms with E-state index in [4.69, 9.17) is 19.8 Å². The molecule has 0 atom stereocenters. The molecule has 0 unspecified atom stereocenters. The summed E-state index contributed by atoms with van der Waals surface area (Å²) in [6.07, 6.45) is 0. The van der Waals surface area contributed by atoms with Crippen molar-refractivity contribution in [3.63, 3.8) is 0 Å². The zero-order valence-corrected chi connectivity index (χ0v) is 12.3. The molecule has 0 bridgehead atoms. The second kappa shape index (κ2) is 6.42. The number of aliphatic hydroxyl groups is 1. The third kappa shape index (κ3) is 3.10. The first-order valence-corrected chi connectivity index (χ1v) is 6.62. The zero-order valence-electron chi connectivity index (χ0n) is 10.8. The number of nitriles is 1. The quantitative estimate of drug-likeness (QED) is 0.928. The lowest BCUT2D eigenvalue weighted by Crippen LogP contribution is -1.94. The Labute approximate surface area is 125 Å². The molecule has 5 heteroatoms. The highest BCUT2D eigenvalue weighted by molar-refractivity contribution is 9.10. The van der Waals surface area contributed by atoms with E-state index in [0.29, 0.717) is 22.8 Å². The van der Waals surface area contributed by atoms with Crippen molar-refractivity contribution in [3.05, 3.63) is 52.0 Å². The summed E-state index contributed by atoms with van der Waals surface area (Å²) in [6.45, 7) is -0.0724. The van der Waals surface area contributed by atoms with Crippen molar-refractivity contribution in [3.8, 4) is 23.3 Å². The lowest BCUT2D eigenvalue weighted by Gasteiger charge is -2.12. The lowest BCUT2D eigenvalue weighted by molar-refractivity contribution is 0.280. The lowest BCUT2D eigenvalue weighted by atomic mass is 10.2. The number of hydrogen-bond acceptors (Lipinski definition) is 4. The zero-order chi connectivity index (χ0) is 14.5. The van der Waals surface area contributed by atoms with Gasteiger partial charge in [0.15, 0.2) is 11.5 Å². The van der Waals surface area contributed by atoms with E-state index in [2.05, 4.69) is 22.0 Å². The number of halogens is 1. The van der Waals surface area contributed by atoms with Crippen LogP contribution in [-0.4, -0.2) is 12.2 Å². The molecule has 0 saturated heterocycles. The molecule has 0 amide bonds. The number of aliphatic hydroxyl groups excluding tert-OH is 1. The van der Waals surface area contributed by atoms with Crippen LogP contribution in [0.25, 0.3) is 0 Å². The van der Waals surface area contributed by atoms with Gasteiger partial charge in [-0.1, -0.05) is 22.0 Å². The molecule has 0 aliphatic heterocycles. The Hall–Kier alpha value is -2.03. The van der Waals surface area contributed by atoms with Crippen molar-refractivity contribution >= 4 is 15.9 Å². The van der Waals surface area contributed by atoms with Gasteiger partial charge in [0.05, 0.1) is 19.3 Å². The van der Waals surface area contributed by atoms with Crippen molar-refractivity contribution < 1.29 is 14.6 Å². The number of ether oxygens (including phenoxy) is 2. The van der Waals surface area contributed by atoms with Crippen LogP contribution < -0.4 is 9.47 Å². The van der Waals surface area contributed by atoms with Crippen LogP contribution in [0.5, 0.6) is 17.2 Å². The summed E-state index contributed by atoms with van der Waals surface area (Å²) in [5, 5.41) is 18.2. The van der Waals surface area contributed by atoms with Crippen LogP contribution >= 0.6 is 15.9 Å². The summed E-state index contributed by atoms with van der Waals surface area (Å²) in [5.41, 5.74) is 1.16. The predicted octanol–water partition coefficient (Wildman–Crippen LogP) is 3.61. The molecule has 102 valence electrons. The summed E-state index contributed by atoms with van der Waals surface area (Å²) >= 11 is 3.34. The first-order chi connectivity index (χ1) is 9.67. The van der Waals surface area contributed by atoms with E-state index < -0.39 is 0 Å². The minimum absolute atomic E-state index is 0.0724. The Kier molecular flexibility index (Phi) is 4.61. The largest absolute Gasteiger partial charge is 0.493 e. The van der Waals surface area contributed by atoms with Crippen molar-refractivity contribution in [2.24, 2.45) is 0 Å². The number of rotatable bonds is 4. The van der Waals surface area contributed by atoms with E-state index in [9.17, 15) is 0 Å². The van der Waals surface area contributed by atoms with Crippen LogP contribution in [0.2, 0.25) is 0 Å². The third-order valence-electron chi connectivity index (χ3n) is 2.69. The summed E-state index contributed by atoms with van der Waals surface area (Å²) < 4.78 is 11.8. The van der Waals surface area contributed by atoms with Crippen LogP contribution in [0.3, 0.4) is 0 Å². The van der Waals surface area contributed by atoms with Gasteiger partial charge in [-0.15, -0.1) is 0 Å². The fourth-order valence-electron chi connectivity index (χ4n) is 1.69.